The highest BCUT2D eigenvalue weighted by molar-refractivity contribution is 5.91. The van der Waals surface area contributed by atoms with Gasteiger partial charge in [-0.2, -0.15) is 0 Å². The number of likely N-dealkylation sites (N-methyl/N-ethyl adjacent to an activating group) is 1. The molecule has 2 aliphatic rings. The van der Waals surface area contributed by atoms with Crippen molar-refractivity contribution in [2.75, 3.05) is 33.8 Å². The van der Waals surface area contributed by atoms with E-state index in [2.05, 4.69) is 27.3 Å². The Balaban J connectivity index is 1.29. The number of allylic oxidation sites excluding steroid dienone is 3. The Morgan fingerprint density at radius 1 is 0.870 bits per heavy atom. The van der Waals surface area contributed by atoms with Crippen molar-refractivity contribution in [3.63, 3.8) is 0 Å². The third-order valence-corrected chi connectivity index (χ3v) is 13.5. The highest BCUT2D eigenvalue weighted by atomic mass is 16.7. The van der Waals surface area contributed by atoms with Crippen molar-refractivity contribution < 1.29 is 49.0 Å². The van der Waals surface area contributed by atoms with E-state index >= 15 is 0 Å². The highest BCUT2D eigenvalue weighted by Crippen LogP contribution is 2.35. The smallest absolute Gasteiger partial charge is 0.308 e. The molecule has 3 heterocycles. The molecular weight excluding hydrogens is 879 g/mol. The lowest BCUT2D eigenvalue weighted by atomic mass is 9.79. The van der Waals surface area contributed by atoms with E-state index in [-0.39, 0.29) is 18.8 Å². The number of rotatable bonds is 16. The molecule has 4 N–H and O–H groups in total. The number of cyclic esters (lactones) is 1. The van der Waals surface area contributed by atoms with Gasteiger partial charge in [0.25, 0.3) is 0 Å². The van der Waals surface area contributed by atoms with Crippen LogP contribution in [-0.2, 0) is 36.9 Å². The van der Waals surface area contributed by atoms with E-state index in [0.29, 0.717) is 51.2 Å². The third-order valence-electron chi connectivity index (χ3n) is 13.5. The minimum atomic E-state index is -1.28. The summed E-state index contributed by atoms with van der Waals surface area (Å²) in [5, 5.41) is 54.1. The number of aliphatic hydroxyl groups excluding tert-OH is 4. The van der Waals surface area contributed by atoms with Gasteiger partial charge in [0.2, 0.25) is 0 Å². The first kappa shape index (κ1) is 53.3. The number of ether oxygens (including phenoxy) is 4. The molecule has 69 heavy (non-hydrogen) atoms. The molecule has 1 aromatic heterocycles. The zero-order valence-corrected chi connectivity index (χ0v) is 41.2. The summed E-state index contributed by atoms with van der Waals surface area (Å²) in [5.41, 5.74) is 3.46. The van der Waals surface area contributed by atoms with Crippen LogP contribution in [0.15, 0.2) is 115 Å². The monoisotopic (exact) mass is 952 g/mol. The summed E-state index contributed by atoms with van der Waals surface area (Å²) in [4.78, 5) is 31.6. The molecule has 3 unspecified atom stereocenters. The number of hydrogen-bond donors (Lipinski definition) is 4. The second-order valence-corrected chi connectivity index (χ2v) is 19.1. The van der Waals surface area contributed by atoms with Gasteiger partial charge >= 0.3 is 5.97 Å². The summed E-state index contributed by atoms with van der Waals surface area (Å²) < 4.78 is 26.8. The molecule has 15 heteroatoms. The van der Waals surface area contributed by atoms with Gasteiger partial charge in [-0.1, -0.05) is 92.2 Å². The molecule has 1 fully saturated rings. The second kappa shape index (κ2) is 25.7. The Kier molecular flexibility index (Phi) is 19.8. The largest absolute Gasteiger partial charge is 0.462 e. The standard InChI is InChI=1S/C54H73N5O10/c1-8-48-42(34-60)29-35(2)19-24-46(61)36(3)30-41(53(37(4)47(62)31-49(63)68-48)69-54-52(65)50(57(6)7)51(64)38(5)66-54)25-26-58(32-39-15-11-9-12-16-39)27-28-59-33-45(55-56-59)40-20-22-44(23-21-40)67-43-17-13-10-14-18-43/h9-24,29,33,36-38,41-42,47-48,50-54,60,62,64-65H,8,25-28,30-32,34H2,1-7H3/b24-19+,35-29+/t36-,37+,38-,41+,42-,47-,48-,50?,51?,52?,53-,54+/m1/s1. The van der Waals surface area contributed by atoms with Crippen LogP contribution in [0.3, 0.4) is 0 Å². The van der Waals surface area contributed by atoms with Crippen molar-refractivity contribution in [3.8, 4) is 22.8 Å². The number of aliphatic hydroxyl groups is 4. The molecule has 3 aromatic carbocycles. The first-order valence-electron chi connectivity index (χ1n) is 24.4. The Labute approximate surface area is 407 Å². The molecule has 0 aliphatic carbocycles. The van der Waals surface area contributed by atoms with Crippen LogP contribution in [0.25, 0.3) is 11.3 Å². The van der Waals surface area contributed by atoms with Crippen LogP contribution in [0, 0.1) is 23.7 Å². The SMILES string of the molecule is CC[C@H]1OC(=O)C[C@@H](O)[C@H](C)[C@@H](O[C@@H]2O[C@H](C)C(O)C(N(C)C)C2O)[C@@H](CCN(CCn2cc(-c3ccc(Oc4ccccc4)cc3)nn2)Cc2ccccc2)C[C@@H](C)C(=O)/C=C/C(C)=C/[C@@H]1CO. The van der Waals surface area contributed by atoms with Crippen molar-refractivity contribution in [1.29, 1.82) is 0 Å². The van der Waals surface area contributed by atoms with Crippen LogP contribution in [0.1, 0.15) is 65.9 Å². The molecule has 1 saturated heterocycles. The molecule has 374 valence electrons. The van der Waals surface area contributed by atoms with Gasteiger partial charge in [0.1, 0.15) is 29.4 Å². The Hall–Kier alpha value is -5.10. The van der Waals surface area contributed by atoms with Crippen molar-refractivity contribution in [1.82, 2.24) is 24.8 Å². The quantitative estimate of drug-likeness (QED) is 0.0897. The topological polar surface area (TPSA) is 189 Å². The van der Waals surface area contributed by atoms with Crippen LogP contribution in [0.5, 0.6) is 11.5 Å². The van der Waals surface area contributed by atoms with E-state index in [9.17, 15) is 30.0 Å². The van der Waals surface area contributed by atoms with Crippen LogP contribution < -0.4 is 4.74 Å². The van der Waals surface area contributed by atoms with E-state index < -0.39 is 78.6 Å². The third kappa shape index (κ3) is 15.0. The lowest BCUT2D eigenvalue weighted by molar-refractivity contribution is -0.304. The normalized spacial score (nSPS) is 29.9. The summed E-state index contributed by atoms with van der Waals surface area (Å²) in [6.45, 7) is 11.1. The number of para-hydroxylation sites is 1. The fourth-order valence-electron chi connectivity index (χ4n) is 9.42. The van der Waals surface area contributed by atoms with Gasteiger partial charge in [0.15, 0.2) is 12.1 Å². The van der Waals surface area contributed by atoms with E-state index in [1.54, 1.807) is 45.0 Å². The number of aromatic nitrogens is 3. The number of benzene rings is 3. The summed E-state index contributed by atoms with van der Waals surface area (Å²) >= 11 is 0. The van der Waals surface area contributed by atoms with Gasteiger partial charge in [-0.15, -0.1) is 5.10 Å². The highest BCUT2D eigenvalue weighted by Gasteiger charge is 2.47. The molecule has 2 aliphatic heterocycles. The average Bonchev–Trinajstić information content (AvgIpc) is 3.82. The van der Waals surface area contributed by atoms with Crippen LogP contribution in [-0.4, -0.2) is 140 Å². The van der Waals surface area contributed by atoms with Gasteiger partial charge in [-0.05, 0) is 108 Å². The molecule has 0 radical (unpaired) electrons. The Morgan fingerprint density at radius 2 is 1.55 bits per heavy atom. The molecule has 0 spiro atoms. The van der Waals surface area contributed by atoms with Crippen LogP contribution >= 0.6 is 0 Å². The summed E-state index contributed by atoms with van der Waals surface area (Å²) in [6, 6.07) is 26.8. The van der Waals surface area contributed by atoms with Crippen molar-refractivity contribution in [2.24, 2.45) is 23.7 Å². The van der Waals surface area contributed by atoms with Gasteiger partial charge in [-0.3, -0.25) is 19.2 Å². The molecule has 0 amide bonds. The average molecular weight is 952 g/mol. The lowest BCUT2D eigenvalue weighted by Gasteiger charge is -2.46. The van der Waals surface area contributed by atoms with Gasteiger partial charge in [0.05, 0.1) is 56.2 Å². The number of ketones is 1. The first-order valence-corrected chi connectivity index (χ1v) is 24.4. The van der Waals surface area contributed by atoms with Gasteiger partial charge in [0, 0.05) is 36.4 Å². The maximum Gasteiger partial charge on any atom is 0.308 e. The number of nitrogens with zero attached hydrogens (tertiary/aromatic N) is 5. The predicted octanol–water partition coefficient (Wildman–Crippen LogP) is 6.46. The van der Waals surface area contributed by atoms with E-state index in [1.807, 2.05) is 111 Å². The van der Waals surface area contributed by atoms with E-state index in [0.717, 1.165) is 28.1 Å². The maximum atomic E-state index is 14.0. The first-order chi connectivity index (χ1) is 33.1. The molecule has 4 aromatic rings. The number of carbonyl (C=O) groups is 2. The minimum Gasteiger partial charge on any atom is -0.462 e. The zero-order valence-electron chi connectivity index (χ0n) is 41.2. The molecular formula is C54H73N5O10. The Morgan fingerprint density at radius 3 is 2.22 bits per heavy atom. The zero-order chi connectivity index (χ0) is 49.6. The molecule has 15 nitrogen and oxygen atoms in total. The molecule has 6 rings (SSSR count). The van der Waals surface area contributed by atoms with Crippen LogP contribution in [0.2, 0.25) is 0 Å². The van der Waals surface area contributed by atoms with Crippen LogP contribution in [0.4, 0.5) is 0 Å². The van der Waals surface area contributed by atoms with Crippen molar-refractivity contribution in [2.45, 2.75) is 122 Å². The second-order valence-electron chi connectivity index (χ2n) is 19.1. The summed E-state index contributed by atoms with van der Waals surface area (Å²) in [7, 11) is 3.53. The fraction of sp³-hybridized carbons (Fsp3) is 0.519. The van der Waals surface area contributed by atoms with Crippen molar-refractivity contribution >= 4 is 11.8 Å². The van der Waals surface area contributed by atoms with Gasteiger partial charge in [-0.25, -0.2) is 0 Å². The lowest BCUT2D eigenvalue weighted by Crippen LogP contribution is -2.63. The minimum absolute atomic E-state index is 0.106. The summed E-state index contributed by atoms with van der Waals surface area (Å²) in [5.74, 6) is -1.41. The number of esters is 1. The maximum absolute atomic E-state index is 14.0. The van der Waals surface area contributed by atoms with Gasteiger partial charge < -0.3 is 44.3 Å². The predicted molar refractivity (Wildman–Crippen MR) is 263 cm³/mol. The van der Waals surface area contributed by atoms with E-state index in [1.165, 1.54) is 0 Å². The molecule has 0 bridgehead atoms. The van der Waals surface area contributed by atoms with Crippen molar-refractivity contribution in [3.05, 3.63) is 120 Å². The number of hydrogen-bond acceptors (Lipinski definition) is 14. The fourth-order valence-corrected chi connectivity index (χ4v) is 9.42. The Bertz CT molecular complexity index is 2260. The number of carbonyl (C=O) groups excluding carboxylic acids is 2. The molecule has 12 atom stereocenters. The van der Waals surface area contributed by atoms with E-state index in [4.69, 9.17) is 18.9 Å². The molecule has 0 saturated carbocycles. The summed E-state index contributed by atoms with van der Waals surface area (Å²) in [6.07, 6.45) is 0.946.